The van der Waals surface area contributed by atoms with Crippen molar-refractivity contribution in [2.45, 2.75) is 43.1 Å². The number of nitrogens with one attached hydrogen (secondary N) is 1. The van der Waals surface area contributed by atoms with Crippen molar-refractivity contribution in [3.05, 3.63) is 90.0 Å². The van der Waals surface area contributed by atoms with Crippen LogP contribution in [0.3, 0.4) is 0 Å². The fraction of sp³-hybridized carbons (Fsp3) is 0.269. The highest BCUT2D eigenvalue weighted by Gasteiger charge is 2.14. The van der Waals surface area contributed by atoms with Crippen LogP contribution < -0.4 is 9.46 Å². The van der Waals surface area contributed by atoms with Crippen LogP contribution in [0, 0.1) is 0 Å². The molecule has 0 aromatic heterocycles. The van der Waals surface area contributed by atoms with Gasteiger partial charge < -0.3 is 14.9 Å². The first-order valence-corrected chi connectivity index (χ1v) is 12.6. The molecule has 0 saturated heterocycles. The Morgan fingerprint density at radius 1 is 0.912 bits per heavy atom. The van der Waals surface area contributed by atoms with Crippen molar-refractivity contribution in [1.82, 2.24) is 0 Å². The first-order valence-electron chi connectivity index (χ1n) is 11.1. The third-order valence-electron chi connectivity index (χ3n) is 5.29. The van der Waals surface area contributed by atoms with Gasteiger partial charge in [-0.05, 0) is 60.7 Å². The number of aliphatic carboxylic acids is 1. The molecule has 0 bridgehead atoms. The Kier molecular flexibility index (Phi) is 9.07. The second-order valence-corrected chi connectivity index (χ2v) is 9.63. The van der Waals surface area contributed by atoms with E-state index in [4.69, 9.17) is 9.84 Å². The van der Waals surface area contributed by atoms with Gasteiger partial charge in [-0.15, -0.1) is 0 Å². The van der Waals surface area contributed by atoms with Crippen LogP contribution in [-0.4, -0.2) is 37.3 Å². The number of carbonyl (C=O) groups is 1. The molecule has 0 aliphatic carbocycles. The van der Waals surface area contributed by atoms with Crippen molar-refractivity contribution in [1.29, 1.82) is 0 Å². The predicted octanol–water partition coefficient (Wildman–Crippen LogP) is 4.27. The molecule has 8 heteroatoms. The summed E-state index contributed by atoms with van der Waals surface area (Å²) < 4.78 is 33.4. The fourth-order valence-corrected chi connectivity index (χ4v) is 4.55. The Labute approximate surface area is 200 Å². The molecule has 180 valence electrons. The van der Waals surface area contributed by atoms with Gasteiger partial charge in [-0.3, -0.25) is 9.52 Å². The fourth-order valence-electron chi connectivity index (χ4n) is 3.48. The number of aliphatic hydroxyl groups is 1. The van der Waals surface area contributed by atoms with Crippen LogP contribution in [0.1, 0.15) is 30.4 Å². The van der Waals surface area contributed by atoms with E-state index in [0.29, 0.717) is 43.7 Å². The third kappa shape index (κ3) is 7.90. The summed E-state index contributed by atoms with van der Waals surface area (Å²) in [6.45, 7) is 0.308. The quantitative estimate of drug-likeness (QED) is 0.335. The highest BCUT2D eigenvalue weighted by atomic mass is 32.2. The number of aliphatic hydroxyl groups excluding tert-OH is 1. The molecule has 3 rings (SSSR count). The van der Waals surface area contributed by atoms with Gasteiger partial charge in [0.05, 0.1) is 17.6 Å². The minimum Gasteiger partial charge on any atom is -0.493 e. The van der Waals surface area contributed by atoms with E-state index in [1.165, 1.54) is 12.1 Å². The van der Waals surface area contributed by atoms with Crippen molar-refractivity contribution in [2.24, 2.45) is 0 Å². The molecule has 0 spiro atoms. The standard InChI is InChI=1S/C26H29NO6S/c28-23(17-18-33-25-12-5-4-8-21(25)14-16-26(29)30)15-13-20-7-6-9-22(19-20)27-34(31,32)24-10-2-1-3-11-24/h1-12,19,23,27-28H,13-18H2,(H,29,30)/t23-/m1/s1. The van der Waals surface area contributed by atoms with E-state index < -0.39 is 22.1 Å². The Bertz CT molecular complexity index is 1180. The maximum atomic E-state index is 12.5. The molecule has 0 aliphatic heterocycles. The number of hydrogen-bond donors (Lipinski definition) is 3. The van der Waals surface area contributed by atoms with Gasteiger partial charge in [0.15, 0.2) is 0 Å². The molecule has 0 amide bonds. The van der Waals surface area contributed by atoms with Crippen molar-refractivity contribution < 1.29 is 28.2 Å². The van der Waals surface area contributed by atoms with Crippen LogP contribution >= 0.6 is 0 Å². The summed E-state index contributed by atoms with van der Waals surface area (Å²) in [6.07, 6.45) is 1.34. The number of rotatable bonds is 13. The van der Waals surface area contributed by atoms with Gasteiger partial charge in [-0.2, -0.15) is 0 Å². The molecule has 1 atom stereocenters. The van der Waals surface area contributed by atoms with Crippen molar-refractivity contribution >= 4 is 21.7 Å². The predicted molar refractivity (Wildman–Crippen MR) is 131 cm³/mol. The summed E-state index contributed by atoms with van der Waals surface area (Å²) in [5, 5.41) is 19.3. The van der Waals surface area contributed by atoms with E-state index >= 15 is 0 Å². The summed E-state index contributed by atoms with van der Waals surface area (Å²) in [7, 11) is -3.66. The highest BCUT2D eigenvalue weighted by Crippen LogP contribution is 2.21. The normalized spacial score (nSPS) is 12.1. The summed E-state index contributed by atoms with van der Waals surface area (Å²) in [6, 6.07) is 22.6. The molecular formula is C26H29NO6S. The monoisotopic (exact) mass is 483 g/mol. The van der Waals surface area contributed by atoms with Gasteiger partial charge in [0, 0.05) is 18.5 Å². The molecule has 3 aromatic carbocycles. The zero-order valence-electron chi connectivity index (χ0n) is 18.8. The third-order valence-corrected chi connectivity index (χ3v) is 6.69. The van der Waals surface area contributed by atoms with Crippen LogP contribution in [-0.2, 0) is 27.7 Å². The molecule has 7 nitrogen and oxygen atoms in total. The van der Waals surface area contributed by atoms with Gasteiger partial charge in [0.25, 0.3) is 10.0 Å². The summed E-state index contributed by atoms with van der Waals surface area (Å²) >= 11 is 0. The maximum absolute atomic E-state index is 12.5. The van der Waals surface area contributed by atoms with Crippen molar-refractivity contribution in [3.8, 4) is 5.75 Å². The first kappa shape index (κ1) is 25.3. The number of anilines is 1. The lowest BCUT2D eigenvalue weighted by Gasteiger charge is -2.14. The van der Waals surface area contributed by atoms with Crippen LogP contribution in [0.4, 0.5) is 5.69 Å². The van der Waals surface area contributed by atoms with E-state index in [0.717, 1.165) is 11.1 Å². The van der Waals surface area contributed by atoms with Gasteiger partial charge >= 0.3 is 5.97 Å². The zero-order valence-corrected chi connectivity index (χ0v) is 19.6. The molecule has 3 N–H and O–H groups in total. The minimum absolute atomic E-state index is 0.0313. The maximum Gasteiger partial charge on any atom is 0.303 e. The number of carboxylic acid groups (broad SMARTS) is 1. The number of aryl methyl sites for hydroxylation is 2. The van der Waals surface area contributed by atoms with Crippen LogP contribution in [0.25, 0.3) is 0 Å². The van der Waals surface area contributed by atoms with E-state index in [2.05, 4.69) is 4.72 Å². The first-order chi connectivity index (χ1) is 16.3. The van der Waals surface area contributed by atoms with Crippen molar-refractivity contribution in [3.63, 3.8) is 0 Å². The summed E-state index contributed by atoms with van der Waals surface area (Å²) in [4.78, 5) is 11.0. The van der Waals surface area contributed by atoms with Crippen molar-refractivity contribution in [2.75, 3.05) is 11.3 Å². The van der Waals surface area contributed by atoms with E-state index in [-0.39, 0.29) is 11.3 Å². The molecule has 0 saturated carbocycles. The van der Waals surface area contributed by atoms with Gasteiger partial charge in [-0.1, -0.05) is 48.5 Å². The topological polar surface area (TPSA) is 113 Å². The largest absolute Gasteiger partial charge is 0.493 e. The van der Waals surface area contributed by atoms with E-state index in [9.17, 15) is 18.3 Å². The number of ether oxygens (including phenoxy) is 1. The summed E-state index contributed by atoms with van der Waals surface area (Å²) in [5.41, 5.74) is 2.21. The Morgan fingerprint density at radius 3 is 2.41 bits per heavy atom. The van der Waals surface area contributed by atoms with Crippen LogP contribution in [0.15, 0.2) is 83.8 Å². The van der Waals surface area contributed by atoms with Gasteiger partial charge in [0.2, 0.25) is 0 Å². The molecular weight excluding hydrogens is 454 g/mol. The zero-order chi connectivity index (χ0) is 24.4. The second kappa shape index (κ2) is 12.2. The molecule has 3 aromatic rings. The van der Waals surface area contributed by atoms with Gasteiger partial charge in [-0.25, -0.2) is 8.42 Å². The Balaban J connectivity index is 1.48. The number of benzene rings is 3. The molecule has 0 heterocycles. The Hall–Kier alpha value is -3.36. The molecule has 0 radical (unpaired) electrons. The molecule has 34 heavy (non-hydrogen) atoms. The lowest BCUT2D eigenvalue weighted by Crippen LogP contribution is -2.14. The minimum atomic E-state index is -3.66. The smallest absolute Gasteiger partial charge is 0.303 e. The average Bonchev–Trinajstić information content (AvgIpc) is 2.82. The number of para-hydroxylation sites is 1. The Morgan fingerprint density at radius 2 is 1.65 bits per heavy atom. The number of carboxylic acids is 1. The highest BCUT2D eigenvalue weighted by molar-refractivity contribution is 7.92. The lowest BCUT2D eigenvalue weighted by molar-refractivity contribution is -0.136. The van der Waals surface area contributed by atoms with Gasteiger partial charge in [0.1, 0.15) is 5.75 Å². The number of sulfonamides is 1. The molecule has 0 unspecified atom stereocenters. The molecule has 0 aliphatic rings. The molecule has 0 fully saturated rings. The lowest BCUT2D eigenvalue weighted by atomic mass is 10.0. The van der Waals surface area contributed by atoms with Crippen LogP contribution in [0.2, 0.25) is 0 Å². The average molecular weight is 484 g/mol. The SMILES string of the molecule is O=C(O)CCc1ccccc1OCC[C@H](O)CCc1cccc(NS(=O)(=O)c2ccccc2)c1. The number of hydrogen-bond acceptors (Lipinski definition) is 5. The van der Waals surface area contributed by atoms with Crippen LogP contribution in [0.5, 0.6) is 5.75 Å². The van der Waals surface area contributed by atoms with E-state index in [1.54, 1.807) is 42.5 Å². The summed E-state index contributed by atoms with van der Waals surface area (Å²) in [5.74, 6) is -0.225. The second-order valence-electron chi connectivity index (χ2n) is 7.95. The van der Waals surface area contributed by atoms with E-state index in [1.807, 2.05) is 24.3 Å².